The lowest BCUT2D eigenvalue weighted by atomic mass is 10.2. The lowest BCUT2D eigenvalue weighted by Crippen LogP contribution is -1.96. The van der Waals surface area contributed by atoms with Crippen molar-refractivity contribution >= 4 is 63.6 Å². The number of halogens is 2. The minimum atomic E-state index is 0.200. The monoisotopic (exact) mass is 548 g/mol. The second-order valence-electron chi connectivity index (χ2n) is 4.60. The van der Waals surface area contributed by atoms with Gasteiger partial charge in [0.05, 0.1) is 9.78 Å². The third-order valence-corrected chi connectivity index (χ3v) is 4.76. The van der Waals surface area contributed by atoms with Crippen LogP contribution in [0.1, 0.15) is 5.56 Å². The first-order valence-electron chi connectivity index (χ1n) is 6.51. The van der Waals surface area contributed by atoms with E-state index in [9.17, 15) is 5.11 Å². The number of aromatic hydroxyl groups is 1. The van der Waals surface area contributed by atoms with Crippen molar-refractivity contribution in [1.29, 1.82) is 0 Å². The van der Waals surface area contributed by atoms with Gasteiger partial charge in [0, 0.05) is 14.7 Å². The van der Waals surface area contributed by atoms with Gasteiger partial charge in [-0.25, -0.2) is 5.10 Å². The minimum absolute atomic E-state index is 0.200. The predicted molar refractivity (Wildman–Crippen MR) is 109 cm³/mol. The number of phenols is 1. The molecule has 0 spiro atoms. The van der Waals surface area contributed by atoms with Crippen molar-refractivity contribution in [1.82, 2.24) is 14.9 Å². The average Bonchev–Trinajstić information content (AvgIpc) is 2.91. The SMILES string of the molecule is Oc1c(I)cc(I)cc1C=Nn1c(-c2ccccc2)n[nH]c1=S. The summed E-state index contributed by atoms with van der Waals surface area (Å²) in [4.78, 5) is 0. The Hall–Kier alpha value is -1.27. The summed E-state index contributed by atoms with van der Waals surface area (Å²) in [6.07, 6.45) is 1.58. The van der Waals surface area contributed by atoms with Crippen LogP contribution in [0.25, 0.3) is 11.4 Å². The van der Waals surface area contributed by atoms with E-state index >= 15 is 0 Å². The maximum absolute atomic E-state index is 10.1. The highest BCUT2D eigenvalue weighted by Gasteiger charge is 2.09. The first-order chi connectivity index (χ1) is 11.1. The molecule has 5 nitrogen and oxygen atoms in total. The maximum Gasteiger partial charge on any atom is 0.216 e. The maximum atomic E-state index is 10.1. The van der Waals surface area contributed by atoms with Crippen molar-refractivity contribution < 1.29 is 5.11 Å². The van der Waals surface area contributed by atoms with Gasteiger partial charge in [-0.3, -0.25) is 0 Å². The Labute approximate surface area is 164 Å². The second-order valence-corrected chi connectivity index (χ2v) is 7.39. The summed E-state index contributed by atoms with van der Waals surface area (Å²) in [5.74, 6) is 0.817. The van der Waals surface area contributed by atoms with Gasteiger partial charge in [-0.05, 0) is 69.5 Å². The van der Waals surface area contributed by atoms with Crippen molar-refractivity contribution in [3.05, 3.63) is 59.9 Å². The molecule has 0 aliphatic heterocycles. The molecule has 0 aliphatic carbocycles. The fraction of sp³-hybridized carbons (Fsp3) is 0. The van der Waals surface area contributed by atoms with Gasteiger partial charge in [-0.1, -0.05) is 30.3 Å². The first kappa shape index (κ1) is 16.6. The smallest absolute Gasteiger partial charge is 0.216 e. The van der Waals surface area contributed by atoms with E-state index in [2.05, 4.69) is 60.5 Å². The van der Waals surface area contributed by atoms with Crippen LogP contribution in [0.3, 0.4) is 0 Å². The lowest BCUT2D eigenvalue weighted by Gasteiger charge is -2.04. The summed E-state index contributed by atoms with van der Waals surface area (Å²) >= 11 is 9.53. The average molecular weight is 548 g/mol. The summed E-state index contributed by atoms with van der Waals surface area (Å²) in [6.45, 7) is 0. The van der Waals surface area contributed by atoms with Crippen LogP contribution in [0.4, 0.5) is 0 Å². The van der Waals surface area contributed by atoms with Crippen molar-refractivity contribution in [2.24, 2.45) is 5.10 Å². The molecule has 0 unspecified atom stereocenters. The Morgan fingerprint density at radius 3 is 2.70 bits per heavy atom. The number of aromatic amines is 1. The van der Waals surface area contributed by atoms with Crippen molar-refractivity contribution in [2.45, 2.75) is 0 Å². The van der Waals surface area contributed by atoms with Gasteiger partial charge in [0.1, 0.15) is 5.75 Å². The molecule has 23 heavy (non-hydrogen) atoms. The summed E-state index contributed by atoms with van der Waals surface area (Å²) in [5, 5.41) is 21.5. The molecule has 1 aromatic heterocycles. The topological polar surface area (TPSA) is 66.2 Å². The molecular formula is C15H10I2N4OS. The minimum Gasteiger partial charge on any atom is -0.506 e. The fourth-order valence-corrected chi connectivity index (χ4v) is 4.05. The molecule has 3 rings (SSSR count). The number of hydrogen-bond donors (Lipinski definition) is 2. The highest BCUT2D eigenvalue weighted by atomic mass is 127. The van der Waals surface area contributed by atoms with Crippen LogP contribution in [0.5, 0.6) is 5.75 Å². The van der Waals surface area contributed by atoms with Crippen LogP contribution in [-0.2, 0) is 0 Å². The molecule has 1 heterocycles. The number of aromatic nitrogens is 3. The van der Waals surface area contributed by atoms with Crippen LogP contribution in [-0.4, -0.2) is 26.2 Å². The van der Waals surface area contributed by atoms with Crippen LogP contribution in [0.2, 0.25) is 0 Å². The van der Waals surface area contributed by atoms with Crippen molar-refractivity contribution in [2.75, 3.05) is 0 Å². The molecule has 0 fully saturated rings. The van der Waals surface area contributed by atoms with Gasteiger partial charge in [-0.15, -0.1) is 0 Å². The molecule has 0 saturated heterocycles. The van der Waals surface area contributed by atoms with Crippen LogP contribution in [0.15, 0.2) is 47.6 Å². The van der Waals surface area contributed by atoms with Crippen molar-refractivity contribution in [3.63, 3.8) is 0 Å². The molecular weight excluding hydrogens is 538 g/mol. The molecule has 0 aliphatic rings. The number of phenolic OH excluding ortho intramolecular Hbond substituents is 1. The van der Waals surface area contributed by atoms with Crippen LogP contribution >= 0.6 is 57.4 Å². The molecule has 0 atom stereocenters. The van der Waals surface area contributed by atoms with Crippen molar-refractivity contribution in [3.8, 4) is 17.1 Å². The van der Waals surface area contributed by atoms with E-state index in [1.54, 1.807) is 6.21 Å². The largest absolute Gasteiger partial charge is 0.506 e. The van der Waals surface area contributed by atoms with E-state index in [1.807, 2.05) is 42.5 Å². The van der Waals surface area contributed by atoms with Gasteiger partial charge in [0.15, 0.2) is 5.82 Å². The molecule has 3 aromatic rings. The molecule has 0 bridgehead atoms. The van der Waals surface area contributed by atoms with Gasteiger partial charge in [0.2, 0.25) is 4.77 Å². The molecule has 8 heteroatoms. The summed E-state index contributed by atoms with van der Waals surface area (Å²) < 4.78 is 3.72. The summed E-state index contributed by atoms with van der Waals surface area (Å²) in [6, 6.07) is 13.4. The third kappa shape index (κ3) is 3.63. The number of nitrogens with zero attached hydrogens (tertiary/aromatic N) is 3. The highest BCUT2D eigenvalue weighted by molar-refractivity contribution is 14.1. The van der Waals surface area contributed by atoms with E-state index < -0.39 is 0 Å². The van der Waals surface area contributed by atoms with Crippen LogP contribution in [0, 0.1) is 11.9 Å². The zero-order chi connectivity index (χ0) is 16.4. The highest BCUT2D eigenvalue weighted by Crippen LogP contribution is 2.26. The molecule has 0 radical (unpaired) electrons. The van der Waals surface area contributed by atoms with E-state index in [0.29, 0.717) is 16.2 Å². The normalized spacial score (nSPS) is 11.2. The van der Waals surface area contributed by atoms with E-state index in [4.69, 9.17) is 12.2 Å². The molecule has 2 N–H and O–H groups in total. The number of rotatable bonds is 3. The Kier molecular flexibility index (Phi) is 5.11. The van der Waals surface area contributed by atoms with E-state index in [1.165, 1.54) is 4.68 Å². The second kappa shape index (κ2) is 7.09. The van der Waals surface area contributed by atoms with E-state index in [-0.39, 0.29) is 5.75 Å². The number of benzene rings is 2. The third-order valence-electron chi connectivity index (χ3n) is 3.05. The Balaban J connectivity index is 2.05. The van der Waals surface area contributed by atoms with Gasteiger partial charge in [-0.2, -0.15) is 14.9 Å². The molecule has 0 saturated carbocycles. The van der Waals surface area contributed by atoms with Gasteiger partial charge < -0.3 is 5.11 Å². The Morgan fingerprint density at radius 2 is 1.96 bits per heavy atom. The number of hydrogen-bond acceptors (Lipinski definition) is 4. The summed E-state index contributed by atoms with van der Waals surface area (Å²) in [7, 11) is 0. The number of H-pyrrole nitrogens is 1. The Morgan fingerprint density at radius 1 is 1.22 bits per heavy atom. The fourth-order valence-electron chi connectivity index (χ4n) is 1.98. The van der Waals surface area contributed by atoms with Crippen LogP contribution < -0.4 is 0 Å². The lowest BCUT2D eigenvalue weighted by molar-refractivity contribution is 0.470. The molecule has 2 aromatic carbocycles. The van der Waals surface area contributed by atoms with Gasteiger partial charge in [0.25, 0.3) is 0 Å². The number of nitrogens with one attached hydrogen (secondary N) is 1. The van der Waals surface area contributed by atoms with E-state index in [0.717, 1.165) is 12.7 Å². The zero-order valence-corrected chi connectivity index (χ0v) is 16.7. The molecule has 0 amide bonds. The first-order valence-corrected chi connectivity index (χ1v) is 9.08. The predicted octanol–water partition coefficient (Wildman–Crippen LogP) is 4.40. The summed E-state index contributed by atoms with van der Waals surface area (Å²) in [5.41, 5.74) is 1.53. The zero-order valence-electron chi connectivity index (χ0n) is 11.6. The Bertz CT molecular complexity index is 934. The molecule has 116 valence electrons. The standard InChI is InChI=1S/C15H10I2N4OS/c16-11-6-10(13(22)12(17)7-11)8-18-21-14(19-20-15(21)23)9-4-2-1-3-5-9/h1-8,22H,(H,20,23). The quantitative estimate of drug-likeness (QED) is 0.290. The van der Waals surface area contributed by atoms with Gasteiger partial charge >= 0.3 is 0 Å².